The molecule has 118 valence electrons. The number of azo groups is 1. The van der Waals surface area contributed by atoms with Gasteiger partial charge in [-0.1, -0.05) is 30.4 Å². The maximum Gasteiger partial charge on any atom is 0.196 e. The van der Waals surface area contributed by atoms with Crippen molar-refractivity contribution in [3.8, 4) is 23.2 Å². The van der Waals surface area contributed by atoms with E-state index in [1.165, 1.54) is 0 Å². The highest BCUT2D eigenvalue weighted by atomic mass is 16.3. The Kier molecular flexibility index (Phi) is 3.51. The number of rotatable bonds is 3. The molecule has 0 unspecified atom stereocenters. The molecule has 0 fully saturated rings. The fraction of sp³-hybridized carbons (Fsp3) is 0.211. The van der Waals surface area contributed by atoms with E-state index >= 15 is 0 Å². The lowest BCUT2D eigenvalue weighted by Gasteiger charge is -2.09. The smallest absolute Gasteiger partial charge is 0.196 e. The molecule has 0 saturated carbocycles. The van der Waals surface area contributed by atoms with E-state index in [0.29, 0.717) is 13.0 Å². The molecule has 24 heavy (non-hydrogen) atoms. The van der Waals surface area contributed by atoms with Crippen LogP contribution >= 0.6 is 0 Å². The third-order valence-electron chi connectivity index (χ3n) is 4.35. The average molecular weight is 316 g/mol. The number of H-pyrrole nitrogens is 1. The van der Waals surface area contributed by atoms with Crippen molar-refractivity contribution in [2.24, 2.45) is 10.2 Å². The van der Waals surface area contributed by atoms with Crippen LogP contribution in [-0.2, 0) is 0 Å². The van der Waals surface area contributed by atoms with Crippen molar-refractivity contribution in [3.05, 3.63) is 34.7 Å². The van der Waals surface area contributed by atoms with Crippen LogP contribution in [0.25, 0.3) is 34.2 Å². The van der Waals surface area contributed by atoms with Crippen LogP contribution in [0.15, 0.2) is 34.5 Å². The van der Waals surface area contributed by atoms with Crippen LogP contribution in [0.3, 0.4) is 0 Å². The first kappa shape index (κ1) is 14.5. The molecule has 0 saturated heterocycles. The second-order valence-corrected chi connectivity index (χ2v) is 5.80. The van der Waals surface area contributed by atoms with Crippen molar-refractivity contribution in [1.82, 2.24) is 4.98 Å². The molecule has 0 radical (unpaired) electrons. The first-order valence-electron chi connectivity index (χ1n) is 8.01. The number of hydrogen-bond donors (Lipinski definition) is 2. The Bertz CT molecular complexity index is 1090. The normalized spacial score (nSPS) is 13.6. The van der Waals surface area contributed by atoms with E-state index in [4.69, 9.17) is 5.26 Å². The van der Waals surface area contributed by atoms with Gasteiger partial charge in [-0.05, 0) is 29.5 Å². The number of aromatic nitrogens is 1. The van der Waals surface area contributed by atoms with E-state index in [0.717, 1.165) is 51.0 Å². The molecule has 0 atom stereocenters. The van der Waals surface area contributed by atoms with E-state index in [9.17, 15) is 5.11 Å². The Morgan fingerprint density at radius 2 is 1.88 bits per heavy atom. The number of aromatic amines is 1. The number of benzene rings is 1. The van der Waals surface area contributed by atoms with Crippen LogP contribution in [0.5, 0.6) is 5.88 Å². The molecule has 2 aliphatic carbocycles. The summed E-state index contributed by atoms with van der Waals surface area (Å²) in [6.45, 7) is 0.376. The zero-order chi connectivity index (χ0) is 16.5. The summed E-state index contributed by atoms with van der Waals surface area (Å²) >= 11 is 0. The van der Waals surface area contributed by atoms with Crippen molar-refractivity contribution in [2.75, 3.05) is 6.54 Å². The van der Waals surface area contributed by atoms with Gasteiger partial charge in [-0.25, -0.2) is 0 Å². The van der Waals surface area contributed by atoms with Crippen molar-refractivity contribution < 1.29 is 5.11 Å². The van der Waals surface area contributed by atoms with E-state index in [-0.39, 0.29) is 5.88 Å². The Labute approximate surface area is 138 Å². The number of aromatic hydroxyl groups is 1. The van der Waals surface area contributed by atoms with Gasteiger partial charge in [-0.15, -0.1) is 0 Å². The summed E-state index contributed by atoms with van der Waals surface area (Å²) in [4.78, 5) is 3.10. The summed E-state index contributed by atoms with van der Waals surface area (Å²) in [5.41, 5.74) is 2.62. The Balaban J connectivity index is 2.07. The maximum absolute atomic E-state index is 10.4. The maximum atomic E-state index is 10.4. The van der Waals surface area contributed by atoms with E-state index < -0.39 is 0 Å². The van der Waals surface area contributed by atoms with Gasteiger partial charge in [0.15, 0.2) is 5.88 Å². The summed E-state index contributed by atoms with van der Waals surface area (Å²) in [5.74, 6) is 0.133. The molecule has 1 aliphatic heterocycles. The van der Waals surface area contributed by atoms with Crippen LogP contribution in [0.4, 0.5) is 5.69 Å². The first-order chi connectivity index (χ1) is 11.8. The average Bonchev–Trinajstić information content (AvgIpc) is 2.93. The first-order valence-corrected chi connectivity index (χ1v) is 8.01. The van der Waals surface area contributed by atoms with Gasteiger partial charge in [0.2, 0.25) is 0 Å². The Morgan fingerprint density at radius 3 is 2.67 bits per heavy atom. The summed E-state index contributed by atoms with van der Waals surface area (Å²) in [6, 6.07) is 9.87. The number of pyridine rings is 1. The van der Waals surface area contributed by atoms with Crippen LogP contribution in [0.1, 0.15) is 19.3 Å². The molecule has 1 heterocycles. The molecular weight excluding hydrogens is 300 g/mol. The van der Waals surface area contributed by atoms with Crippen molar-refractivity contribution in [3.63, 3.8) is 0 Å². The van der Waals surface area contributed by atoms with Crippen LogP contribution in [-0.4, -0.2) is 16.6 Å². The molecule has 0 spiro atoms. The second-order valence-electron chi connectivity index (χ2n) is 5.80. The monoisotopic (exact) mass is 316 g/mol. The van der Waals surface area contributed by atoms with Gasteiger partial charge in [0.1, 0.15) is 5.69 Å². The predicted molar refractivity (Wildman–Crippen MR) is 93.6 cm³/mol. The van der Waals surface area contributed by atoms with E-state index in [2.05, 4.69) is 33.4 Å². The highest BCUT2D eigenvalue weighted by molar-refractivity contribution is 6.03. The van der Waals surface area contributed by atoms with E-state index in [1.54, 1.807) is 0 Å². The summed E-state index contributed by atoms with van der Waals surface area (Å²) in [6.07, 6.45) is 6.70. The van der Waals surface area contributed by atoms with Gasteiger partial charge >= 0.3 is 0 Å². The second kappa shape index (κ2) is 5.82. The lowest BCUT2D eigenvalue weighted by Crippen LogP contribution is -2.23. The van der Waals surface area contributed by atoms with E-state index in [1.807, 2.05) is 24.3 Å². The Morgan fingerprint density at radius 1 is 1.12 bits per heavy atom. The van der Waals surface area contributed by atoms with Gasteiger partial charge < -0.3 is 10.1 Å². The molecule has 2 N–H and O–H groups in total. The predicted octanol–water partition coefficient (Wildman–Crippen LogP) is 3.33. The molecule has 4 rings (SSSR count). The van der Waals surface area contributed by atoms with Gasteiger partial charge in [0, 0.05) is 16.2 Å². The van der Waals surface area contributed by atoms with Gasteiger partial charge in [0.25, 0.3) is 0 Å². The molecule has 1 aromatic rings. The number of nitrogens with one attached hydrogen (secondary N) is 1. The highest BCUT2D eigenvalue weighted by Gasteiger charge is 2.21. The number of fused-ring (bicyclic) bond motifs is 5. The van der Waals surface area contributed by atoms with Crippen LogP contribution in [0, 0.1) is 11.3 Å². The fourth-order valence-corrected chi connectivity index (χ4v) is 3.34. The third kappa shape index (κ3) is 2.16. The van der Waals surface area contributed by atoms with Crippen LogP contribution < -0.4 is 10.4 Å². The van der Waals surface area contributed by atoms with Gasteiger partial charge in [-0.2, -0.15) is 15.5 Å². The standard InChI is InChI=1S/C19H16N4O/c20-10-5-11-21-23-17-14-8-3-1-6-12(14)16-13-7-2-4-9-15(13)19(24)22-18(16)17/h2,4,6-9,22,24H,1,3,5,11H2. The Hall–Kier alpha value is -3.13. The van der Waals surface area contributed by atoms with Crippen molar-refractivity contribution in [1.29, 1.82) is 5.26 Å². The zero-order valence-corrected chi connectivity index (χ0v) is 13.1. The largest absolute Gasteiger partial charge is 0.494 e. The zero-order valence-electron chi connectivity index (χ0n) is 13.1. The molecule has 5 nitrogen and oxygen atoms in total. The molecule has 0 amide bonds. The molecule has 0 bridgehead atoms. The number of nitriles is 1. The summed E-state index contributed by atoms with van der Waals surface area (Å²) in [7, 11) is 0. The van der Waals surface area contributed by atoms with Gasteiger partial charge in [-0.3, -0.25) is 0 Å². The minimum absolute atomic E-state index is 0.133. The minimum Gasteiger partial charge on any atom is -0.494 e. The SMILES string of the molecule is N#CCCN=Nc1c2[nH]c(O)c3ccccc3c-2c2c1=CCCC=2. The topological polar surface area (TPSA) is 84.5 Å². The minimum atomic E-state index is 0.133. The van der Waals surface area contributed by atoms with Gasteiger partial charge in [0.05, 0.1) is 24.7 Å². The van der Waals surface area contributed by atoms with Crippen molar-refractivity contribution in [2.45, 2.75) is 19.3 Å². The lowest BCUT2D eigenvalue weighted by molar-refractivity contribution is 0.461. The molecule has 5 heteroatoms. The number of hydrogen-bond acceptors (Lipinski definition) is 4. The number of nitrogens with zero attached hydrogens (tertiary/aromatic N) is 3. The summed E-state index contributed by atoms with van der Waals surface area (Å²) in [5, 5.41) is 31.5. The molecule has 0 aromatic heterocycles. The lowest BCUT2D eigenvalue weighted by atomic mass is 10.0. The third-order valence-corrected chi connectivity index (χ3v) is 4.35. The van der Waals surface area contributed by atoms with Crippen LogP contribution in [0.2, 0.25) is 0 Å². The molecular formula is C19H16N4O. The molecule has 1 aromatic carbocycles. The highest BCUT2D eigenvalue weighted by Crippen LogP contribution is 2.36. The van der Waals surface area contributed by atoms with Crippen molar-refractivity contribution >= 4 is 28.6 Å². The summed E-state index contributed by atoms with van der Waals surface area (Å²) < 4.78 is 0. The molecule has 3 aliphatic rings. The quantitative estimate of drug-likeness (QED) is 0.574. The fourth-order valence-electron chi connectivity index (χ4n) is 3.34.